The van der Waals surface area contributed by atoms with Gasteiger partial charge in [0, 0.05) is 6.04 Å². The van der Waals surface area contributed by atoms with Crippen LogP contribution >= 0.6 is 0 Å². The van der Waals surface area contributed by atoms with Crippen LogP contribution in [0.4, 0.5) is 0 Å². The lowest BCUT2D eigenvalue weighted by molar-refractivity contribution is 0.412. The Morgan fingerprint density at radius 1 is 1.54 bits per heavy atom. The molecule has 0 amide bonds. The molecule has 0 radical (unpaired) electrons. The fourth-order valence-electron chi connectivity index (χ4n) is 1.41. The van der Waals surface area contributed by atoms with Crippen LogP contribution in [0.3, 0.4) is 0 Å². The van der Waals surface area contributed by atoms with Gasteiger partial charge in [0.2, 0.25) is 0 Å². The summed E-state index contributed by atoms with van der Waals surface area (Å²) in [5, 5.41) is 0. The number of hydrogen-bond acceptors (Lipinski definition) is 3. The molecule has 1 saturated carbocycles. The van der Waals surface area contributed by atoms with Gasteiger partial charge in [-0.3, -0.25) is 4.98 Å². The molecule has 13 heavy (non-hydrogen) atoms. The lowest BCUT2D eigenvalue weighted by Crippen LogP contribution is -2.13. The van der Waals surface area contributed by atoms with Gasteiger partial charge in [0.05, 0.1) is 19.0 Å². The van der Waals surface area contributed by atoms with Gasteiger partial charge in [0.1, 0.15) is 5.75 Å². The van der Waals surface area contributed by atoms with Crippen LogP contribution in [0, 0.1) is 5.92 Å². The van der Waals surface area contributed by atoms with E-state index >= 15 is 0 Å². The minimum absolute atomic E-state index is 0.117. The van der Waals surface area contributed by atoms with Crippen LogP contribution < -0.4 is 10.5 Å². The van der Waals surface area contributed by atoms with Gasteiger partial charge in [-0.25, -0.2) is 0 Å². The molecule has 1 heterocycles. The van der Waals surface area contributed by atoms with E-state index in [2.05, 4.69) is 4.98 Å². The first-order chi connectivity index (χ1) is 6.31. The van der Waals surface area contributed by atoms with Crippen molar-refractivity contribution in [3.05, 3.63) is 24.0 Å². The zero-order chi connectivity index (χ0) is 9.26. The van der Waals surface area contributed by atoms with Gasteiger partial charge in [-0.15, -0.1) is 0 Å². The number of pyridine rings is 1. The summed E-state index contributed by atoms with van der Waals surface area (Å²) in [5.74, 6) is 1.44. The van der Waals surface area contributed by atoms with Gasteiger partial charge in [-0.1, -0.05) is 0 Å². The topological polar surface area (TPSA) is 48.1 Å². The quantitative estimate of drug-likeness (QED) is 0.763. The smallest absolute Gasteiger partial charge is 0.137 e. The summed E-state index contributed by atoms with van der Waals surface area (Å²) in [4.78, 5) is 4.26. The first-order valence-electron chi connectivity index (χ1n) is 4.57. The van der Waals surface area contributed by atoms with E-state index in [-0.39, 0.29) is 6.04 Å². The van der Waals surface area contributed by atoms with Gasteiger partial charge < -0.3 is 10.5 Å². The molecule has 1 fully saturated rings. The Morgan fingerprint density at radius 3 is 2.77 bits per heavy atom. The fourth-order valence-corrected chi connectivity index (χ4v) is 1.41. The lowest BCUT2D eigenvalue weighted by Gasteiger charge is -2.09. The van der Waals surface area contributed by atoms with E-state index in [0.717, 1.165) is 11.4 Å². The third-order valence-electron chi connectivity index (χ3n) is 2.47. The Hall–Kier alpha value is -1.09. The van der Waals surface area contributed by atoms with Crippen LogP contribution in [0.2, 0.25) is 0 Å². The van der Waals surface area contributed by atoms with Crippen LogP contribution in [0.5, 0.6) is 5.75 Å². The van der Waals surface area contributed by atoms with Gasteiger partial charge in [-0.05, 0) is 30.9 Å². The maximum Gasteiger partial charge on any atom is 0.137 e. The monoisotopic (exact) mass is 178 g/mol. The van der Waals surface area contributed by atoms with Gasteiger partial charge >= 0.3 is 0 Å². The van der Waals surface area contributed by atoms with E-state index in [4.69, 9.17) is 10.5 Å². The van der Waals surface area contributed by atoms with E-state index in [9.17, 15) is 0 Å². The molecule has 2 N–H and O–H groups in total. The van der Waals surface area contributed by atoms with Gasteiger partial charge in [-0.2, -0.15) is 0 Å². The number of methoxy groups -OCH3 is 1. The van der Waals surface area contributed by atoms with Crippen molar-refractivity contribution in [1.29, 1.82) is 0 Å². The molecule has 0 aliphatic heterocycles. The summed E-state index contributed by atoms with van der Waals surface area (Å²) in [6, 6.07) is 3.97. The predicted octanol–water partition coefficient (Wildman–Crippen LogP) is 1.50. The van der Waals surface area contributed by atoms with Crippen molar-refractivity contribution >= 4 is 0 Å². The van der Waals surface area contributed by atoms with Crippen molar-refractivity contribution in [3.8, 4) is 5.75 Å². The van der Waals surface area contributed by atoms with E-state index < -0.39 is 0 Å². The second-order valence-electron chi connectivity index (χ2n) is 3.49. The predicted molar refractivity (Wildman–Crippen MR) is 50.4 cm³/mol. The Balaban J connectivity index is 2.11. The normalized spacial score (nSPS) is 18.3. The van der Waals surface area contributed by atoms with Crippen molar-refractivity contribution in [3.63, 3.8) is 0 Å². The molecule has 2 rings (SSSR count). The second kappa shape index (κ2) is 3.34. The van der Waals surface area contributed by atoms with E-state index in [1.54, 1.807) is 13.3 Å². The highest BCUT2D eigenvalue weighted by Crippen LogP contribution is 2.38. The average molecular weight is 178 g/mol. The second-order valence-corrected chi connectivity index (χ2v) is 3.49. The molecule has 0 aromatic carbocycles. The standard InChI is InChI=1S/C10H14N2O/c1-13-8-4-5-9(12-6-8)10(11)7-2-3-7/h4-7,10H,2-3,11H2,1H3. The van der Waals surface area contributed by atoms with E-state index in [1.807, 2.05) is 12.1 Å². The van der Waals surface area contributed by atoms with Gasteiger partial charge in [0.15, 0.2) is 0 Å². The van der Waals surface area contributed by atoms with Crippen LogP contribution in [0.1, 0.15) is 24.6 Å². The van der Waals surface area contributed by atoms with Crippen LogP contribution in [0.25, 0.3) is 0 Å². The van der Waals surface area contributed by atoms with E-state index in [1.165, 1.54) is 12.8 Å². The zero-order valence-corrected chi connectivity index (χ0v) is 7.73. The highest BCUT2D eigenvalue weighted by atomic mass is 16.5. The molecule has 1 aliphatic carbocycles. The molecule has 3 heteroatoms. The number of ether oxygens (including phenoxy) is 1. The average Bonchev–Trinajstić information content (AvgIpc) is 3.00. The summed E-state index contributed by atoms with van der Waals surface area (Å²) in [5.41, 5.74) is 6.96. The van der Waals surface area contributed by atoms with Gasteiger partial charge in [0.25, 0.3) is 0 Å². The van der Waals surface area contributed by atoms with Crippen molar-refractivity contribution in [2.24, 2.45) is 11.7 Å². The summed E-state index contributed by atoms with van der Waals surface area (Å²) in [6.07, 6.45) is 4.21. The minimum atomic E-state index is 0.117. The van der Waals surface area contributed by atoms with Crippen molar-refractivity contribution in [2.45, 2.75) is 18.9 Å². The summed E-state index contributed by atoms with van der Waals surface area (Å²) < 4.78 is 5.02. The Bertz CT molecular complexity index is 279. The lowest BCUT2D eigenvalue weighted by atomic mass is 10.1. The third kappa shape index (κ3) is 1.80. The fraction of sp³-hybridized carbons (Fsp3) is 0.500. The van der Waals surface area contributed by atoms with Crippen LogP contribution in [-0.2, 0) is 0 Å². The number of nitrogens with zero attached hydrogens (tertiary/aromatic N) is 1. The molecular weight excluding hydrogens is 164 g/mol. The number of nitrogens with two attached hydrogens (primary N) is 1. The van der Waals surface area contributed by atoms with Crippen molar-refractivity contribution in [1.82, 2.24) is 4.98 Å². The molecule has 1 aliphatic rings. The molecular formula is C10H14N2O. The maximum atomic E-state index is 5.99. The summed E-state index contributed by atoms with van der Waals surface area (Å²) >= 11 is 0. The molecule has 1 unspecified atom stereocenters. The Labute approximate surface area is 77.9 Å². The summed E-state index contributed by atoms with van der Waals surface area (Å²) in [6.45, 7) is 0. The molecule has 0 saturated heterocycles. The summed E-state index contributed by atoms with van der Waals surface area (Å²) in [7, 11) is 1.64. The first kappa shape index (κ1) is 8.51. The zero-order valence-electron chi connectivity index (χ0n) is 7.73. The number of hydrogen-bond donors (Lipinski definition) is 1. The van der Waals surface area contributed by atoms with E-state index in [0.29, 0.717) is 5.92 Å². The maximum absolute atomic E-state index is 5.99. The first-order valence-corrected chi connectivity index (χ1v) is 4.57. The molecule has 3 nitrogen and oxygen atoms in total. The van der Waals surface area contributed by atoms with Crippen molar-refractivity contribution in [2.75, 3.05) is 7.11 Å². The minimum Gasteiger partial charge on any atom is -0.495 e. The Kier molecular flexibility index (Phi) is 2.19. The molecule has 0 spiro atoms. The van der Waals surface area contributed by atoms with Crippen LogP contribution in [0.15, 0.2) is 18.3 Å². The highest BCUT2D eigenvalue weighted by Gasteiger charge is 2.30. The molecule has 1 atom stereocenters. The molecule has 0 bridgehead atoms. The molecule has 1 aromatic heterocycles. The van der Waals surface area contributed by atoms with Crippen molar-refractivity contribution < 1.29 is 4.74 Å². The Morgan fingerprint density at radius 2 is 2.31 bits per heavy atom. The molecule has 70 valence electrons. The number of rotatable bonds is 3. The third-order valence-corrected chi connectivity index (χ3v) is 2.47. The van der Waals surface area contributed by atoms with Crippen LogP contribution in [-0.4, -0.2) is 12.1 Å². The highest BCUT2D eigenvalue weighted by molar-refractivity contribution is 5.22. The molecule has 1 aromatic rings. The largest absolute Gasteiger partial charge is 0.495 e. The SMILES string of the molecule is COc1ccc(C(N)C2CC2)nc1. The number of aromatic nitrogens is 1.